The van der Waals surface area contributed by atoms with Gasteiger partial charge in [0.15, 0.2) is 3.83 Å². The van der Waals surface area contributed by atoms with Gasteiger partial charge in [-0.1, -0.05) is 30.3 Å². The van der Waals surface area contributed by atoms with Crippen LogP contribution in [0.25, 0.3) is 0 Å². The molecule has 0 amide bonds. The van der Waals surface area contributed by atoms with Crippen molar-refractivity contribution in [2.24, 2.45) is 0 Å². The zero-order chi connectivity index (χ0) is 13.8. The summed E-state index contributed by atoms with van der Waals surface area (Å²) in [6.07, 6.45) is 0. The average Bonchev–Trinajstić information content (AvgIpc) is 2.36. The quantitative estimate of drug-likeness (QED) is 0.293. The SMILES string of the molecule is Cc1nc(I)nc(I)c1C(=O)OCc1ccccc1. The van der Waals surface area contributed by atoms with Gasteiger partial charge < -0.3 is 4.74 Å². The molecule has 0 radical (unpaired) electrons. The lowest BCUT2D eigenvalue weighted by Crippen LogP contribution is -2.12. The summed E-state index contributed by atoms with van der Waals surface area (Å²) in [6, 6.07) is 9.56. The smallest absolute Gasteiger partial charge is 0.343 e. The molecule has 0 atom stereocenters. The Bertz CT molecular complexity index is 580. The fourth-order valence-electron chi connectivity index (χ4n) is 1.53. The number of hydrogen-bond donors (Lipinski definition) is 0. The second kappa shape index (κ2) is 6.60. The highest BCUT2D eigenvalue weighted by molar-refractivity contribution is 14.1. The molecule has 0 spiro atoms. The Hall–Kier alpha value is -0.770. The minimum Gasteiger partial charge on any atom is -0.457 e. The first-order valence-corrected chi connectivity index (χ1v) is 7.64. The van der Waals surface area contributed by atoms with Gasteiger partial charge in [-0.05, 0) is 35.1 Å². The van der Waals surface area contributed by atoms with Gasteiger partial charge in [-0.15, -0.1) is 0 Å². The van der Waals surface area contributed by atoms with Gasteiger partial charge in [0.25, 0.3) is 0 Å². The Morgan fingerprint density at radius 1 is 1.21 bits per heavy atom. The van der Waals surface area contributed by atoms with Crippen molar-refractivity contribution in [1.82, 2.24) is 9.97 Å². The van der Waals surface area contributed by atoms with E-state index in [1.807, 2.05) is 75.5 Å². The van der Waals surface area contributed by atoms with Gasteiger partial charge in [-0.2, -0.15) is 0 Å². The summed E-state index contributed by atoms with van der Waals surface area (Å²) in [7, 11) is 0. The summed E-state index contributed by atoms with van der Waals surface area (Å²) in [5.74, 6) is -0.387. The third kappa shape index (κ3) is 3.85. The van der Waals surface area contributed by atoms with Gasteiger partial charge in [-0.25, -0.2) is 14.8 Å². The number of ether oxygens (including phenoxy) is 1. The van der Waals surface area contributed by atoms with E-state index in [0.29, 0.717) is 18.8 Å². The molecule has 19 heavy (non-hydrogen) atoms. The maximum atomic E-state index is 12.1. The van der Waals surface area contributed by atoms with Gasteiger partial charge >= 0.3 is 5.97 Å². The lowest BCUT2D eigenvalue weighted by Gasteiger charge is -2.08. The zero-order valence-electron chi connectivity index (χ0n) is 10.1. The predicted molar refractivity (Wildman–Crippen MR) is 87.8 cm³/mol. The van der Waals surface area contributed by atoms with Crippen LogP contribution in [0.1, 0.15) is 21.6 Å². The van der Waals surface area contributed by atoms with Crippen molar-refractivity contribution in [2.75, 3.05) is 0 Å². The maximum Gasteiger partial charge on any atom is 0.343 e. The van der Waals surface area contributed by atoms with Crippen LogP contribution in [0.2, 0.25) is 0 Å². The molecule has 0 unspecified atom stereocenters. The van der Waals surface area contributed by atoms with E-state index in [1.165, 1.54) is 0 Å². The highest BCUT2D eigenvalue weighted by Crippen LogP contribution is 2.16. The third-order valence-corrected chi connectivity index (χ3v) is 3.70. The number of aryl methyl sites for hydroxylation is 1. The van der Waals surface area contributed by atoms with Crippen molar-refractivity contribution in [3.8, 4) is 0 Å². The molecule has 1 aromatic heterocycles. The van der Waals surface area contributed by atoms with E-state index in [-0.39, 0.29) is 12.6 Å². The zero-order valence-corrected chi connectivity index (χ0v) is 14.4. The van der Waals surface area contributed by atoms with E-state index in [0.717, 1.165) is 5.56 Å². The number of nitrogens with zero attached hydrogens (tertiary/aromatic N) is 2. The van der Waals surface area contributed by atoms with Crippen LogP contribution < -0.4 is 0 Å². The van der Waals surface area contributed by atoms with E-state index in [2.05, 4.69) is 9.97 Å². The second-order valence-corrected chi connectivity index (χ2v) is 5.79. The van der Waals surface area contributed by atoms with E-state index in [9.17, 15) is 4.79 Å². The Labute approximate surface area is 138 Å². The van der Waals surface area contributed by atoms with Crippen LogP contribution >= 0.6 is 45.2 Å². The van der Waals surface area contributed by atoms with E-state index in [4.69, 9.17) is 4.74 Å². The van der Waals surface area contributed by atoms with Crippen LogP contribution in [0.15, 0.2) is 30.3 Å². The topological polar surface area (TPSA) is 52.1 Å². The number of rotatable bonds is 3. The molecular formula is C13H10I2N2O2. The highest BCUT2D eigenvalue weighted by atomic mass is 127. The Morgan fingerprint density at radius 2 is 1.89 bits per heavy atom. The fourth-order valence-corrected chi connectivity index (χ4v) is 3.44. The first-order valence-electron chi connectivity index (χ1n) is 5.48. The minimum atomic E-state index is -0.387. The van der Waals surface area contributed by atoms with Crippen LogP contribution in [0.4, 0.5) is 0 Å². The largest absolute Gasteiger partial charge is 0.457 e. The summed E-state index contributed by atoms with van der Waals surface area (Å²) < 4.78 is 6.53. The molecule has 0 fully saturated rings. The van der Waals surface area contributed by atoms with Crippen molar-refractivity contribution in [1.29, 1.82) is 0 Å². The van der Waals surface area contributed by atoms with E-state index >= 15 is 0 Å². The molecule has 0 N–H and O–H groups in total. The fraction of sp³-hybridized carbons (Fsp3) is 0.154. The van der Waals surface area contributed by atoms with Gasteiger partial charge in [0, 0.05) is 22.6 Å². The summed E-state index contributed by atoms with van der Waals surface area (Å²) >= 11 is 4.05. The molecule has 0 aliphatic carbocycles. The Balaban J connectivity index is 2.13. The van der Waals surface area contributed by atoms with Crippen molar-refractivity contribution in [2.45, 2.75) is 13.5 Å². The predicted octanol–water partition coefficient (Wildman–Crippen LogP) is 3.35. The first kappa shape index (κ1) is 14.6. The molecule has 1 heterocycles. The molecule has 2 rings (SSSR count). The number of esters is 1. The van der Waals surface area contributed by atoms with E-state index in [1.54, 1.807) is 6.92 Å². The van der Waals surface area contributed by atoms with Gasteiger partial charge in [-0.3, -0.25) is 0 Å². The van der Waals surface area contributed by atoms with Crippen LogP contribution in [-0.4, -0.2) is 15.9 Å². The van der Waals surface area contributed by atoms with Gasteiger partial charge in [0.2, 0.25) is 0 Å². The Morgan fingerprint density at radius 3 is 2.53 bits per heavy atom. The van der Waals surface area contributed by atoms with Gasteiger partial charge in [0.05, 0.1) is 5.69 Å². The number of hydrogen-bond acceptors (Lipinski definition) is 4. The lowest BCUT2D eigenvalue weighted by molar-refractivity contribution is 0.0469. The highest BCUT2D eigenvalue weighted by Gasteiger charge is 2.18. The van der Waals surface area contributed by atoms with Crippen LogP contribution in [0, 0.1) is 14.5 Å². The number of aromatic nitrogens is 2. The second-order valence-electron chi connectivity index (χ2n) is 3.81. The molecule has 98 valence electrons. The maximum absolute atomic E-state index is 12.1. The summed E-state index contributed by atoms with van der Waals surface area (Å²) in [5, 5.41) is 0. The number of benzene rings is 1. The minimum absolute atomic E-state index is 0.251. The molecular weight excluding hydrogens is 470 g/mol. The molecule has 6 heteroatoms. The summed E-state index contributed by atoms with van der Waals surface area (Å²) in [5.41, 5.74) is 2.04. The molecule has 0 aliphatic rings. The Kier molecular flexibility index (Phi) is 5.08. The van der Waals surface area contributed by atoms with Crippen molar-refractivity contribution >= 4 is 51.2 Å². The molecule has 4 nitrogen and oxygen atoms in total. The summed E-state index contributed by atoms with van der Waals surface area (Å²) in [6.45, 7) is 2.03. The van der Waals surface area contributed by atoms with Crippen molar-refractivity contribution < 1.29 is 9.53 Å². The summed E-state index contributed by atoms with van der Waals surface area (Å²) in [4.78, 5) is 20.4. The van der Waals surface area contributed by atoms with Gasteiger partial charge in [0.1, 0.15) is 15.9 Å². The molecule has 2 aromatic rings. The van der Waals surface area contributed by atoms with E-state index < -0.39 is 0 Å². The number of halogens is 2. The van der Waals surface area contributed by atoms with Crippen LogP contribution in [-0.2, 0) is 11.3 Å². The first-order chi connectivity index (χ1) is 9.08. The standard InChI is InChI=1S/C13H10I2N2O2/c1-8-10(11(14)17-13(15)16-8)12(18)19-7-9-5-3-2-4-6-9/h2-6H,7H2,1H3. The lowest BCUT2D eigenvalue weighted by atomic mass is 10.2. The molecule has 0 aliphatic heterocycles. The normalized spacial score (nSPS) is 10.3. The average molecular weight is 480 g/mol. The number of carbonyl (C=O) groups excluding carboxylic acids is 1. The number of carbonyl (C=O) groups is 1. The molecule has 0 bridgehead atoms. The molecule has 0 saturated heterocycles. The van der Waals surface area contributed by atoms with Crippen LogP contribution in [0.3, 0.4) is 0 Å². The third-order valence-electron chi connectivity index (χ3n) is 2.44. The van der Waals surface area contributed by atoms with Crippen molar-refractivity contribution in [3.05, 3.63) is 54.7 Å². The molecule has 1 aromatic carbocycles. The van der Waals surface area contributed by atoms with Crippen molar-refractivity contribution in [3.63, 3.8) is 0 Å². The van der Waals surface area contributed by atoms with Crippen LogP contribution in [0.5, 0.6) is 0 Å². The monoisotopic (exact) mass is 480 g/mol. The molecule has 0 saturated carbocycles.